The van der Waals surface area contributed by atoms with Gasteiger partial charge in [0.25, 0.3) is 0 Å². The molecule has 24 heavy (non-hydrogen) atoms. The molecule has 0 aromatic heterocycles. The van der Waals surface area contributed by atoms with E-state index < -0.39 is 0 Å². The third-order valence-corrected chi connectivity index (χ3v) is 4.39. The van der Waals surface area contributed by atoms with E-state index in [4.69, 9.17) is 10.5 Å². The summed E-state index contributed by atoms with van der Waals surface area (Å²) in [4.78, 5) is 4.44. The van der Waals surface area contributed by atoms with Gasteiger partial charge in [-0.25, -0.2) is 9.38 Å². The van der Waals surface area contributed by atoms with Gasteiger partial charge in [0, 0.05) is 11.3 Å². The first kappa shape index (κ1) is 17.0. The first-order valence-electron chi connectivity index (χ1n) is 7.83. The second-order valence-electron chi connectivity index (χ2n) is 5.99. The molecular weight excluding hydrogens is 420 g/mol. The maximum Gasteiger partial charge on any atom is 0.193 e. The molecular formula is C18H19FIN3O. The summed E-state index contributed by atoms with van der Waals surface area (Å²) in [5.41, 5.74) is 10.5. The van der Waals surface area contributed by atoms with Crippen molar-refractivity contribution in [3.63, 3.8) is 0 Å². The van der Waals surface area contributed by atoms with E-state index in [0.29, 0.717) is 18.3 Å². The minimum Gasteiger partial charge on any atom is -0.491 e. The zero-order valence-electron chi connectivity index (χ0n) is 13.1. The van der Waals surface area contributed by atoms with E-state index in [9.17, 15) is 4.39 Å². The predicted molar refractivity (Wildman–Crippen MR) is 104 cm³/mol. The molecule has 0 amide bonds. The molecule has 4 nitrogen and oxygen atoms in total. The number of hydrogen-bond acceptors (Lipinski definition) is 2. The van der Waals surface area contributed by atoms with E-state index in [-0.39, 0.29) is 35.8 Å². The van der Waals surface area contributed by atoms with Gasteiger partial charge in [0.05, 0.1) is 0 Å². The van der Waals surface area contributed by atoms with Gasteiger partial charge in [0.1, 0.15) is 24.2 Å². The highest BCUT2D eigenvalue weighted by molar-refractivity contribution is 14.0. The van der Waals surface area contributed by atoms with Crippen LogP contribution in [0, 0.1) is 5.82 Å². The number of anilines is 1. The standard InChI is InChI=1S/C18H18FN3O.HI/c19-13-5-7-17-15(9-13)16(10-23-17)22-18(20)21-14-6-4-11-2-1-3-12(11)8-14;/h4-9,16H,1-3,10H2,(H3,20,21,22);1H. The van der Waals surface area contributed by atoms with Crippen molar-refractivity contribution >= 4 is 35.6 Å². The molecule has 2 aromatic carbocycles. The number of ether oxygens (including phenoxy) is 1. The molecule has 2 aliphatic rings. The van der Waals surface area contributed by atoms with Crippen LogP contribution >= 0.6 is 24.0 Å². The monoisotopic (exact) mass is 439 g/mol. The molecule has 0 fully saturated rings. The topological polar surface area (TPSA) is 59.6 Å². The molecule has 1 unspecified atom stereocenters. The van der Waals surface area contributed by atoms with Gasteiger partial charge in [-0.1, -0.05) is 6.07 Å². The molecule has 126 valence electrons. The number of guanidine groups is 1. The van der Waals surface area contributed by atoms with Crippen LogP contribution in [0.4, 0.5) is 10.1 Å². The Morgan fingerprint density at radius 1 is 1.17 bits per heavy atom. The first-order chi connectivity index (χ1) is 11.2. The van der Waals surface area contributed by atoms with Crippen molar-refractivity contribution in [3.05, 3.63) is 58.9 Å². The number of halogens is 2. The van der Waals surface area contributed by atoms with Crippen LogP contribution in [0.1, 0.15) is 29.2 Å². The minimum absolute atomic E-state index is 0. The quantitative estimate of drug-likeness (QED) is 0.426. The third-order valence-electron chi connectivity index (χ3n) is 4.39. The van der Waals surface area contributed by atoms with Crippen LogP contribution in [-0.4, -0.2) is 12.6 Å². The summed E-state index contributed by atoms with van der Waals surface area (Å²) in [6, 6.07) is 10.5. The molecule has 2 aromatic rings. The van der Waals surface area contributed by atoms with Crippen molar-refractivity contribution < 1.29 is 9.13 Å². The summed E-state index contributed by atoms with van der Waals surface area (Å²) in [7, 11) is 0. The van der Waals surface area contributed by atoms with E-state index in [1.54, 1.807) is 6.07 Å². The summed E-state index contributed by atoms with van der Waals surface area (Å²) in [5, 5.41) is 3.12. The zero-order valence-corrected chi connectivity index (χ0v) is 15.4. The second kappa shape index (κ2) is 6.96. The number of aliphatic imine (C=N–C) groups is 1. The van der Waals surface area contributed by atoms with Crippen LogP contribution in [0.5, 0.6) is 5.75 Å². The summed E-state index contributed by atoms with van der Waals surface area (Å²) in [6.45, 7) is 0.380. The van der Waals surface area contributed by atoms with Crippen molar-refractivity contribution in [1.29, 1.82) is 0 Å². The highest BCUT2D eigenvalue weighted by Gasteiger charge is 2.24. The van der Waals surface area contributed by atoms with Gasteiger partial charge in [0.2, 0.25) is 0 Å². The molecule has 1 heterocycles. The highest BCUT2D eigenvalue weighted by Crippen LogP contribution is 2.35. The van der Waals surface area contributed by atoms with Crippen molar-refractivity contribution in [2.24, 2.45) is 10.7 Å². The van der Waals surface area contributed by atoms with Gasteiger partial charge in [-0.3, -0.25) is 0 Å². The molecule has 1 atom stereocenters. The predicted octanol–water partition coefficient (Wildman–Crippen LogP) is 3.79. The number of hydrogen-bond donors (Lipinski definition) is 2. The fourth-order valence-corrected chi connectivity index (χ4v) is 3.27. The van der Waals surface area contributed by atoms with Gasteiger partial charge in [0.15, 0.2) is 5.96 Å². The molecule has 1 aliphatic carbocycles. The second-order valence-corrected chi connectivity index (χ2v) is 5.99. The Balaban J connectivity index is 0.00000169. The molecule has 3 N–H and O–H groups in total. The van der Waals surface area contributed by atoms with Crippen LogP contribution in [-0.2, 0) is 12.8 Å². The maximum absolute atomic E-state index is 13.4. The number of nitrogens with one attached hydrogen (secondary N) is 1. The number of nitrogens with two attached hydrogens (primary N) is 1. The lowest BCUT2D eigenvalue weighted by Crippen LogP contribution is -2.24. The van der Waals surface area contributed by atoms with Gasteiger partial charge in [-0.2, -0.15) is 0 Å². The van der Waals surface area contributed by atoms with Crippen molar-refractivity contribution in [2.75, 3.05) is 11.9 Å². The lowest BCUT2D eigenvalue weighted by atomic mass is 10.1. The number of rotatable bonds is 2. The van der Waals surface area contributed by atoms with Crippen LogP contribution in [0.2, 0.25) is 0 Å². The SMILES string of the molecule is I.NC(=NC1COc2ccc(F)cc21)Nc1ccc2c(c1)CCC2. The number of nitrogens with zero attached hydrogens (tertiary/aromatic N) is 1. The summed E-state index contributed by atoms with van der Waals surface area (Å²) >= 11 is 0. The average molecular weight is 439 g/mol. The third kappa shape index (κ3) is 3.33. The summed E-state index contributed by atoms with van der Waals surface area (Å²) in [5.74, 6) is 0.693. The average Bonchev–Trinajstić information content (AvgIpc) is 3.14. The van der Waals surface area contributed by atoms with E-state index in [2.05, 4.69) is 22.4 Å². The van der Waals surface area contributed by atoms with Crippen molar-refractivity contribution in [2.45, 2.75) is 25.3 Å². The fraction of sp³-hybridized carbons (Fsp3) is 0.278. The van der Waals surface area contributed by atoms with Gasteiger partial charge in [-0.15, -0.1) is 24.0 Å². The summed E-state index contributed by atoms with van der Waals surface area (Å²) in [6.07, 6.45) is 3.48. The molecule has 1 aliphatic heterocycles. The van der Waals surface area contributed by atoms with Gasteiger partial charge < -0.3 is 15.8 Å². The Morgan fingerprint density at radius 2 is 2.00 bits per heavy atom. The van der Waals surface area contributed by atoms with E-state index in [1.807, 2.05) is 6.07 Å². The van der Waals surface area contributed by atoms with Crippen LogP contribution in [0.25, 0.3) is 0 Å². The summed E-state index contributed by atoms with van der Waals surface area (Å²) < 4.78 is 18.9. The Morgan fingerprint density at radius 3 is 2.88 bits per heavy atom. The lowest BCUT2D eigenvalue weighted by Gasteiger charge is -2.10. The first-order valence-corrected chi connectivity index (χ1v) is 7.83. The normalized spacial score (nSPS) is 18.4. The molecule has 0 spiro atoms. The van der Waals surface area contributed by atoms with Crippen LogP contribution in [0.15, 0.2) is 41.4 Å². The van der Waals surface area contributed by atoms with Gasteiger partial charge >= 0.3 is 0 Å². The molecule has 4 rings (SSSR count). The van der Waals surface area contributed by atoms with Crippen molar-refractivity contribution in [3.8, 4) is 5.75 Å². The molecule has 0 saturated heterocycles. The fourth-order valence-electron chi connectivity index (χ4n) is 3.27. The zero-order chi connectivity index (χ0) is 15.8. The largest absolute Gasteiger partial charge is 0.491 e. The van der Waals surface area contributed by atoms with E-state index in [0.717, 1.165) is 24.1 Å². The van der Waals surface area contributed by atoms with Crippen molar-refractivity contribution in [1.82, 2.24) is 0 Å². The van der Waals surface area contributed by atoms with E-state index >= 15 is 0 Å². The Kier molecular flexibility index (Phi) is 4.93. The number of fused-ring (bicyclic) bond motifs is 2. The van der Waals surface area contributed by atoms with Crippen LogP contribution < -0.4 is 15.8 Å². The van der Waals surface area contributed by atoms with E-state index in [1.165, 1.54) is 29.7 Å². The Hall–Kier alpha value is -1.83. The molecule has 6 heteroatoms. The van der Waals surface area contributed by atoms with Crippen LogP contribution in [0.3, 0.4) is 0 Å². The highest BCUT2D eigenvalue weighted by atomic mass is 127. The lowest BCUT2D eigenvalue weighted by molar-refractivity contribution is 0.334. The smallest absolute Gasteiger partial charge is 0.193 e. The maximum atomic E-state index is 13.4. The molecule has 0 bridgehead atoms. The Bertz CT molecular complexity index is 794. The number of aryl methyl sites for hydroxylation is 2. The van der Waals surface area contributed by atoms with Gasteiger partial charge in [-0.05, 0) is 60.7 Å². The number of benzene rings is 2. The minimum atomic E-state index is -0.292. The molecule has 0 saturated carbocycles. The Labute approximate surface area is 157 Å². The molecule has 0 radical (unpaired) electrons.